The van der Waals surface area contributed by atoms with Crippen molar-refractivity contribution in [1.29, 1.82) is 0 Å². The first-order valence-electron chi connectivity index (χ1n) is 8.70. The summed E-state index contributed by atoms with van der Waals surface area (Å²) in [5.74, 6) is 0.878. The molecule has 0 saturated carbocycles. The number of aromatic nitrogens is 2. The Kier molecular flexibility index (Phi) is 4.06. The lowest BCUT2D eigenvalue weighted by molar-refractivity contribution is 0.413. The molecule has 1 N–H and O–H groups in total. The van der Waals surface area contributed by atoms with Crippen LogP contribution in [0, 0.1) is 6.92 Å². The van der Waals surface area contributed by atoms with Gasteiger partial charge < -0.3 is 10.1 Å². The third-order valence-electron chi connectivity index (χ3n) is 5.03. The number of nitrogens with one attached hydrogen (secondary N) is 1. The van der Waals surface area contributed by atoms with E-state index in [1.807, 2.05) is 12.1 Å². The highest BCUT2D eigenvalue weighted by molar-refractivity contribution is 5.69. The molecule has 128 valence electrons. The second kappa shape index (κ2) is 6.37. The summed E-state index contributed by atoms with van der Waals surface area (Å²) in [5.41, 5.74) is 7.44. The van der Waals surface area contributed by atoms with Crippen LogP contribution < -0.4 is 10.1 Å². The highest BCUT2D eigenvalue weighted by Gasteiger charge is 2.26. The molecular formula is C21H23N3O. The minimum atomic E-state index is 0.135. The zero-order valence-corrected chi connectivity index (χ0v) is 14.9. The van der Waals surface area contributed by atoms with Gasteiger partial charge in [0.1, 0.15) is 5.75 Å². The van der Waals surface area contributed by atoms with E-state index >= 15 is 0 Å². The summed E-state index contributed by atoms with van der Waals surface area (Å²) < 4.78 is 7.58. The lowest BCUT2D eigenvalue weighted by atomic mass is 10.0. The standard InChI is InChI=1S/C21H23N3O/c1-14-7-4-5-10-18(14)21-19-12-22-13-20(19)23-24(21)15(2)16-8-6-9-17(11-16)25-3/h4-11,15,22H,12-13H2,1-3H3. The molecule has 1 aliphatic heterocycles. The molecule has 4 heteroatoms. The van der Waals surface area contributed by atoms with Crippen LogP contribution in [0.4, 0.5) is 0 Å². The Morgan fingerprint density at radius 2 is 1.96 bits per heavy atom. The molecule has 4 rings (SSSR count). The van der Waals surface area contributed by atoms with Gasteiger partial charge in [-0.05, 0) is 37.1 Å². The van der Waals surface area contributed by atoms with Crippen molar-refractivity contribution in [1.82, 2.24) is 15.1 Å². The van der Waals surface area contributed by atoms with Gasteiger partial charge in [-0.2, -0.15) is 5.10 Å². The van der Waals surface area contributed by atoms with Crippen molar-refractivity contribution in [3.63, 3.8) is 0 Å². The monoisotopic (exact) mass is 333 g/mol. The molecule has 0 saturated heterocycles. The summed E-state index contributed by atoms with van der Waals surface area (Å²) in [4.78, 5) is 0. The smallest absolute Gasteiger partial charge is 0.119 e. The molecule has 4 nitrogen and oxygen atoms in total. The van der Waals surface area contributed by atoms with Crippen LogP contribution in [0.2, 0.25) is 0 Å². The van der Waals surface area contributed by atoms with Gasteiger partial charge in [-0.25, -0.2) is 0 Å². The molecule has 1 aliphatic rings. The Balaban J connectivity index is 1.86. The molecule has 2 aromatic carbocycles. The van der Waals surface area contributed by atoms with Gasteiger partial charge in [0, 0.05) is 24.2 Å². The first-order chi connectivity index (χ1) is 12.2. The Morgan fingerprint density at radius 3 is 2.76 bits per heavy atom. The van der Waals surface area contributed by atoms with Crippen molar-refractivity contribution in [3.8, 4) is 17.0 Å². The maximum absolute atomic E-state index is 5.40. The lowest BCUT2D eigenvalue weighted by Gasteiger charge is -2.19. The number of hydrogen-bond donors (Lipinski definition) is 1. The number of aryl methyl sites for hydroxylation is 1. The first kappa shape index (κ1) is 15.9. The van der Waals surface area contributed by atoms with Crippen molar-refractivity contribution in [2.24, 2.45) is 0 Å². The third kappa shape index (κ3) is 2.72. The van der Waals surface area contributed by atoms with Gasteiger partial charge in [0.15, 0.2) is 0 Å². The number of nitrogens with zero attached hydrogens (tertiary/aromatic N) is 2. The van der Waals surface area contributed by atoms with Crippen molar-refractivity contribution in [2.45, 2.75) is 33.0 Å². The Morgan fingerprint density at radius 1 is 1.12 bits per heavy atom. The fourth-order valence-electron chi connectivity index (χ4n) is 3.60. The quantitative estimate of drug-likeness (QED) is 0.782. The van der Waals surface area contributed by atoms with E-state index in [2.05, 4.69) is 60.2 Å². The third-order valence-corrected chi connectivity index (χ3v) is 5.03. The van der Waals surface area contributed by atoms with Gasteiger partial charge in [-0.1, -0.05) is 36.4 Å². The number of benzene rings is 2. The van der Waals surface area contributed by atoms with Gasteiger partial charge in [0.05, 0.1) is 24.5 Å². The first-order valence-corrected chi connectivity index (χ1v) is 8.70. The summed E-state index contributed by atoms with van der Waals surface area (Å²) in [6, 6.07) is 16.9. The molecule has 0 bridgehead atoms. The molecule has 0 fully saturated rings. The van der Waals surface area contributed by atoms with Crippen molar-refractivity contribution >= 4 is 0 Å². The van der Waals surface area contributed by atoms with Crippen LogP contribution in [0.1, 0.15) is 35.3 Å². The number of fused-ring (bicyclic) bond motifs is 1. The fraction of sp³-hybridized carbons (Fsp3) is 0.286. The molecule has 0 radical (unpaired) electrons. The van der Waals surface area contributed by atoms with Crippen molar-refractivity contribution in [3.05, 3.63) is 70.9 Å². The normalized spacial score (nSPS) is 14.4. The molecule has 1 aromatic heterocycles. The average molecular weight is 333 g/mol. The highest BCUT2D eigenvalue weighted by atomic mass is 16.5. The van der Waals surface area contributed by atoms with Crippen LogP contribution in [0.5, 0.6) is 5.75 Å². The van der Waals surface area contributed by atoms with Crippen LogP contribution in [0.25, 0.3) is 11.3 Å². The minimum absolute atomic E-state index is 0.135. The predicted molar refractivity (Wildman–Crippen MR) is 99.8 cm³/mol. The average Bonchev–Trinajstić information content (AvgIpc) is 3.23. The molecule has 25 heavy (non-hydrogen) atoms. The van der Waals surface area contributed by atoms with Crippen LogP contribution in [0.15, 0.2) is 48.5 Å². The Labute approximate surface area is 148 Å². The van der Waals surface area contributed by atoms with Gasteiger partial charge in [-0.3, -0.25) is 4.68 Å². The van der Waals surface area contributed by atoms with Crippen molar-refractivity contribution in [2.75, 3.05) is 7.11 Å². The van der Waals surface area contributed by atoms with Crippen LogP contribution in [0.3, 0.4) is 0 Å². The summed E-state index contributed by atoms with van der Waals surface area (Å²) >= 11 is 0. The number of ether oxygens (including phenoxy) is 1. The maximum Gasteiger partial charge on any atom is 0.119 e. The van der Waals surface area contributed by atoms with Gasteiger partial charge in [0.25, 0.3) is 0 Å². The van der Waals surface area contributed by atoms with E-state index in [0.717, 1.165) is 24.5 Å². The number of rotatable bonds is 4. The predicted octanol–water partition coefficient (Wildman–Crippen LogP) is 4.08. The summed E-state index contributed by atoms with van der Waals surface area (Å²) in [6.45, 7) is 6.08. The lowest BCUT2D eigenvalue weighted by Crippen LogP contribution is -2.14. The Bertz CT molecular complexity index is 913. The largest absolute Gasteiger partial charge is 0.497 e. The number of methoxy groups -OCH3 is 1. The van der Waals surface area contributed by atoms with Gasteiger partial charge in [0.2, 0.25) is 0 Å². The molecule has 2 heterocycles. The van der Waals surface area contributed by atoms with E-state index in [1.165, 1.54) is 27.9 Å². The highest BCUT2D eigenvalue weighted by Crippen LogP contribution is 2.35. The van der Waals surface area contributed by atoms with E-state index in [1.54, 1.807) is 7.11 Å². The van der Waals surface area contributed by atoms with E-state index < -0.39 is 0 Å². The molecule has 1 unspecified atom stereocenters. The molecule has 3 aromatic rings. The van der Waals surface area contributed by atoms with E-state index in [9.17, 15) is 0 Å². The molecule has 0 spiro atoms. The molecule has 1 atom stereocenters. The van der Waals surface area contributed by atoms with Crippen LogP contribution in [-0.4, -0.2) is 16.9 Å². The number of hydrogen-bond acceptors (Lipinski definition) is 3. The van der Waals surface area contributed by atoms with Gasteiger partial charge >= 0.3 is 0 Å². The van der Waals surface area contributed by atoms with E-state index in [-0.39, 0.29) is 6.04 Å². The van der Waals surface area contributed by atoms with Crippen LogP contribution >= 0.6 is 0 Å². The minimum Gasteiger partial charge on any atom is -0.497 e. The van der Waals surface area contributed by atoms with Crippen molar-refractivity contribution < 1.29 is 4.74 Å². The molecule has 0 amide bonds. The van der Waals surface area contributed by atoms with E-state index in [4.69, 9.17) is 9.84 Å². The Hall–Kier alpha value is -2.59. The van der Waals surface area contributed by atoms with Gasteiger partial charge in [-0.15, -0.1) is 0 Å². The van der Waals surface area contributed by atoms with E-state index in [0.29, 0.717) is 0 Å². The SMILES string of the molecule is COc1cccc(C(C)n2nc3c(c2-c2ccccc2C)CNC3)c1. The van der Waals surface area contributed by atoms with Crippen LogP contribution in [-0.2, 0) is 13.1 Å². The topological polar surface area (TPSA) is 39.1 Å². The maximum atomic E-state index is 5.40. The fourth-order valence-corrected chi connectivity index (χ4v) is 3.60. The molecule has 0 aliphatic carbocycles. The second-order valence-electron chi connectivity index (χ2n) is 6.59. The zero-order chi connectivity index (χ0) is 17.4. The second-order valence-corrected chi connectivity index (χ2v) is 6.59. The summed E-state index contributed by atoms with van der Waals surface area (Å²) in [5, 5.41) is 8.38. The summed E-state index contributed by atoms with van der Waals surface area (Å²) in [6.07, 6.45) is 0. The zero-order valence-electron chi connectivity index (χ0n) is 14.9. The molecular weight excluding hydrogens is 310 g/mol. The summed E-state index contributed by atoms with van der Waals surface area (Å²) in [7, 11) is 1.71.